The van der Waals surface area contributed by atoms with Crippen molar-refractivity contribution in [2.75, 3.05) is 0 Å². The smallest absolute Gasteiger partial charge is 0.188 e. The van der Waals surface area contributed by atoms with Gasteiger partial charge in [-0.25, -0.2) is 12.8 Å². The van der Waals surface area contributed by atoms with E-state index in [9.17, 15) is 17.6 Å². The Labute approximate surface area is 164 Å². The molecule has 0 bridgehead atoms. The molecule has 0 amide bonds. The molecule has 3 nitrogen and oxygen atoms in total. The Hall–Kier alpha value is -0.990. The molecule has 0 radical (unpaired) electrons. The first-order chi connectivity index (χ1) is 11.8. The third-order valence-electron chi connectivity index (χ3n) is 4.67. The first-order valence-corrected chi connectivity index (χ1v) is 10.7. The molecule has 1 fully saturated rings. The van der Waals surface area contributed by atoms with E-state index in [1.54, 1.807) is 12.1 Å². The summed E-state index contributed by atoms with van der Waals surface area (Å²) in [7, 11) is -3.91. The summed E-state index contributed by atoms with van der Waals surface area (Å²) in [5.41, 5.74) is 0.141. The predicted octanol–water partition coefficient (Wildman–Crippen LogP) is 4.90. The summed E-state index contributed by atoms with van der Waals surface area (Å²) in [5.74, 6) is -0.555. The van der Waals surface area contributed by atoms with Crippen LogP contribution in [0.15, 0.2) is 47.4 Å². The second-order valence-corrected chi connectivity index (χ2v) is 10.1. The Bertz CT molecular complexity index is 916. The average molecular weight is 493 g/mol. The number of carbonyl (C=O) groups excluding carboxylic acids is 1. The summed E-state index contributed by atoms with van der Waals surface area (Å²) >= 11 is 7.89. The van der Waals surface area contributed by atoms with Crippen LogP contribution in [-0.2, 0) is 19.4 Å². The van der Waals surface area contributed by atoms with Gasteiger partial charge in [0.25, 0.3) is 0 Å². The third kappa shape index (κ3) is 3.36. The molecule has 1 saturated carbocycles. The number of rotatable bonds is 3. The molecule has 0 heterocycles. The first-order valence-electron chi connectivity index (χ1n) is 7.74. The van der Waals surface area contributed by atoms with Gasteiger partial charge >= 0.3 is 0 Å². The topological polar surface area (TPSA) is 51.2 Å². The molecule has 25 heavy (non-hydrogen) atoms. The van der Waals surface area contributed by atoms with Crippen LogP contribution in [0.4, 0.5) is 4.39 Å². The van der Waals surface area contributed by atoms with Crippen molar-refractivity contribution in [3.05, 3.63) is 62.4 Å². The average Bonchev–Trinajstić information content (AvgIpc) is 2.58. The normalized spacial score (nSPS) is 17.5. The van der Waals surface area contributed by atoms with E-state index in [0.717, 1.165) is 3.57 Å². The lowest BCUT2D eigenvalue weighted by Gasteiger charge is -2.37. The van der Waals surface area contributed by atoms with Crippen molar-refractivity contribution in [1.82, 2.24) is 0 Å². The molecule has 0 atom stereocenters. The molecule has 0 aromatic heterocycles. The zero-order valence-corrected chi connectivity index (χ0v) is 16.9. The molecule has 0 unspecified atom stereocenters. The minimum atomic E-state index is -3.91. The van der Waals surface area contributed by atoms with Crippen LogP contribution in [0.3, 0.4) is 0 Å². The predicted molar refractivity (Wildman–Crippen MR) is 103 cm³/mol. The van der Waals surface area contributed by atoms with Gasteiger partial charge in [0.15, 0.2) is 9.84 Å². The van der Waals surface area contributed by atoms with Gasteiger partial charge in [-0.1, -0.05) is 11.6 Å². The molecule has 1 aliphatic rings. The van der Waals surface area contributed by atoms with Crippen LogP contribution >= 0.6 is 34.2 Å². The second kappa shape index (κ2) is 6.96. The van der Waals surface area contributed by atoms with E-state index in [0.29, 0.717) is 5.02 Å². The van der Waals surface area contributed by atoms with Crippen molar-refractivity contribution in [1.29, 1.82) is 0 Å². The van der Waals surface area contributed by atoms with Gasteiger partial charge in [-0.2, -0.15) is 0 Å². The van der Waals surface area contributed by atoms with Gasteiger partial charge in [0.2, 0.25) is 0 Å². The fourth-order valence-electron chi connectivity index (χ4n) is 3.30. The lowest BCUT2D eigenvalue weighted by Crippen LogP contribution is -2.40. The van der Waals surface area contributed by atoms with Crippen LogP contribution in [0.1, 0.15) is 31.2 Å². The van der Waals surface area contributed by atoms with Crippen LogP contribution in [0.25, 0.3) is 0 Å². The first kappa shape index (κ1) is 18.8. The van der Waals surface area contributed by atoms with E-state index >= 15 is 0 Å². The number of sulfone groups is 1. The Morgan fingerprint density at radius 1 is 1.04 bits per heavy atom. The van der Waals surface area contributed by atoms with Gasteiger partial charge in [0.1, 0.15) is 16.3 Å². The zero-order chi connectivity index (χ0) is 18.2. The Kier molecular flexibility index (Phi) is 5.23. The monoisotopic (exact) mass is 492 g/mol. The van der Waals surface area contributed by atoms with E-state index in [1.807, 2.05) is 22.6 Å². The fraction of sp³-hybridized carbons (Fsp3) is 0.278. The van der Waals surface area contributed by atoms with Crippen LogP contribution in [-0.4, -0.2) is 14.2 Å². The van der Waals surface area contributed by atoms with E-state index in [4.69, 9.17) is 11.6 Å². The van der Waals surface area contributed by atoms with Gasteiger partial charge in [-0.05, 0) is 77.9 Å². The number of benzene rings is 2. The van der Waals surface area contributed by atoms with Crippen LogP contribution in [0.5, 0.6) is 0 Å². The molecule has 2 aromatic carbocycles. The molecule has 0 aliphatic heterocycles. The highest BCUT2D eigenvalue weighted by Crippen LogP contribution is 2.47. The highest BCUT2D eigenvalue weighted by Gasteiger charge is 2.49. The number of ketones is 1. The van der Waals surface area contributed by atoms with Crippen molar-refractivity contribution in [3.63, 3.8) is 0 Å². The number of Topliss-reactive ketones (excluding diaryl/α,β-unsaturated/α-hetero) is 1. The molecule has 7 heteroatoms. The van der Waals surface area contributed by atoms with Crippen molar-refractivity contribution < 1.29 is 17.6 Å². The van der Waals surface area contributed by atoms with Gasteiger partial charge in [0, 0.05) is 27.0 Å². The molecular formula is C18H15ClFIO3S. The molecular weight excluding hydrogens is 478 g/mol. The quantitative estimate of drug-likeness (QED) is 0.573. The lowest BCUT2D eigenvalue weighted by atomic mass is 9.82. The largest absolute Gasteiger partial charge is 0.300 e. The van der Waals surface area contributed by atoms with Crippen LogP contribution in [0, 0.1) is 9.39 Å². The fourth-order valence-corrected chi connectivity index (χ4v) is 6.05. The summed E-state index contributed by atoms with van der Waals surface area (Å²) in [6, 6.07) is 10.3. The van der Waals surface area contributed by atoms with Gasteiger partial charge < -0.3 is 0 Å². The molecule has 3 rings (SSSR count). The summed E-state index contributed by atoms with van der Waals surface area (Å²) in [6.45, 7) is 0. The van der Waals surface area contributed by atoms with Gasteiger partial charge in [0.05, 0.1) is 4.90 Å². The van der Waals surface area contributed by atoms with Crippen molar-refractivity contribution in [3.8, 4) is 0 Å². The van der Waals surface area contributed by atoms with Crippen LogP contribution < -0.4 is 0 Å². The maximum atomic E-state index is 14.6. The highest BCUT2D eigenvalue weighted by atomic mass is 127. The zero-order valence-electron chi connectivity index (χ0n) is 13.1. The third-order valence-corrected chi connectivity index (χ3v) is 8.15. The van der Waals surface area contributed by atoms with Crippen LogP contribution in [0.2, 0.25) is 5.02 Å². The summed E-state index contributed by atoms with van der Waals surface area (Å²) < 4.78 is 40.9. The van der Waals surface area contributed by atoms with E-state index in [2.05, 4.69) is 0 Å². The maximum Gasteiger partial charge on any atom is 0.188 e. The van der Waals surface area contributed by atoms with Crippen molar-refractivity contribution >= 4 is 49.8 Å². The number of hydrogen-bond acceptors (Lipinski definition) is 3. The molecule has 1 aliphatic carbocycles. The van der Waals surface area contributed by atoms with Gasteiger partial charge in [-0.3, -0.25) is 4.79 Å². The number of hydrogen-bond donors (Lipinski definition) is 0. The van der Waals surface area contributed by atoms with Crippen molar-refractivity contribution in [2.24, 2.45) is 0 Å². The van der Waals surface area contributed by atoms with Gasteiger partial charge in [-0.15, -0.1) is 0 Å². The minimum absolute atomic E-state index is 0.00738. The Morgan fingerprint density at radius 3 is 2.24 bits per heavy atom. The van der Waals surface area contributed by atoms with Crippen molar-refractivity contribution in [2.45, 2.75) is 35.3 Å². The van der Waals surface area contributed by atoms with E-state index in [-0.39, 0.29) is 41.9 Å². The SMILES string of the molecule is O=C1CCC(c2cc(I)ccc2F)(S(=O)(=O)c2ccc(Cl)cc2)CC1. The summed E-state index contributed by atoms with van der Waals surface area (Å²) in [6.07, 6.45) is 0.400. The molecule has 132 valence electrons. The molecule has 0 spiro atoms. The highest BCUT2D eigenvalue weighted by molar-refractivity contribution is 14.1. The second-order valence-electron chi connectivity index (χ2n) is 6.11. The summed E-state index contributed by atoms with van der Waals surface area (Å²) in [5, 5.41) is 0.423. The molecule has 2 aromatic rings. The number of carbonyl (C=O) groups is 1. The standard InChI is InChI=1S/C18H15ClFIO3S/c19-12-1-4-15(5-2-12)25(23,24)18(9-7-14(22)8-10-18)16-11-13(21)3-6-17(16)20/h1-6,11H,7-10H2. The Balaban J connectivity index is 2.23. The molecule has 0 N–H and O–H groups in total. The van der Waals surface area contributed by atoms with E-state index in [1.165, 1.54) is 30.3 Å². The molecule has 0 saturated heterocycles. The number of halogens is 3. The van der Waals surface area contributed by atoms with E-state index < -0.39 is 20.4 Å². The minimum Gasteiger partial charge on any atom is -0.300 e. The lowest BCUT2D eigenvalue weighted by molar-refractivity contribution is -0.120. The maximum absolute atomic E-state index is 14.6. The Morgan fingerprint density at radius 2 is 1.64 bits per heavy atom. The summed E-state index contributed by atoms with van der Waals surface area (Å²) in [4.78, 5) is 11.8.